The van der Waals surface area contributed by atoms with E-state index in [0.717, 1.165) is 29.0 Å². The van der Waals surface area contributed by atoms with Crippen LogP contribution in [-0.4, -0.2) is 33.8 Å². The second-order valence-electron chi connectivity index (χ2n) is 6.74. The van der Waals surface area contributed by atoms with Crippen LogP contribution in [0.3, 0.4) is 0 Å². The zero-order valence-corrected chi connectivity index (χ0v) is 18.1. The zero-order valence-electron chi connectivity index (χ0n) is 15.7. The van der Waals surface area contributed by atoms with E-state index in [4.69, 9.17) is 16.3 Å². The molecule has 0 aromatic heterocycles. The highest BCUT2D eigenvalue weighted by Gasteiger charge is 2.20. The van der Waals surface area contributed by atoms with Crippen LogP contribution in [0.1, 0.15) is 25.3 Å². The second-order valence-corrected chi connectivity index (χ2v) is 10.3. The molecule has 1 amide bonds. The zero-order chi connectivity index (χ0) is 19.9. The van der Waals surface area contributed by atoms with Crippen molar-refractivity contribution in [1.82, 2.24) is 0 Å². The summed E-state index contributed by atoms with van der Waals surface area (Å²) in [6, 6.07) is 15.1. The highest BCUT2D eigenvalue weighted by Crippen LogP contribution is 2.26. The molecule has 1 fully saturated rings. The summed E-state index contributed by atoms with van der Waals surface area (Å²) in [6.45, 7) is 3.25. The molecule has 2 aromatic rings. The Labute approximate surface area is 177 Å². The lowest BCUT2D eigenvalue weighted by Crippen LogP contribution is -2.25. The minimum Gasteiger partial charge on any atom is -0.381 e. The number of nitrogens with one attached hydrogen (secondary N) is 1. The van der Waals surface area contributed by atoms with E-state index in [-0.39, 0.29) is 16.4 Å². The van der Waals surface area contributed by atoms with E-state index in [0.29, 0.717) is 24.0 Å². The van der Waals surface area contributed by atoms with Gasteiger partial charge in [-0.25, -0.2) is 0 Å². The van der Waals surface area contributed by atoms with Gasteiger partial charge in [-0.3, -0.25) is 9.00 Å². The first-order valence-corrected chi connectivity index (χ1v) is 11.9. The van der Waals surface area contributed by atoms with Gasteiger partial charge in [-0.2, -0.15) is 0 Å². The summed E-state index contributed by atoms with van der Waals surface area (Å²) in [5.41, 5.74) is 1.70. The van der Waals surface area contributed by atoms with Crippen molar-refractivity contribution in [2.24, 2.45) is 0 Å². The summed E-state index contributed by atoms with van der Waals surface area (Å²) >= 11 is 7.38. The Morgan fingerprint density at radius 1 is 1.25 bits per heavy atom. The largest absolute Gasteiger partial charge is 0.381 e. The van der Waals surface area contributed by atoms with Crippen LogP contribution in [-0.2, 0) is 26.1 Å². The molecule has 2 unspecified atom stereocenters. The number of benzene rings is 2. The molecule has 7 heteroatoms. The number of ether oxygens (including phenoxy) is 1. The molecule has 0 spiro atoms. The molecule has 0 saturated carbocycles. The normalized spacial score (nSPS) is 17.1. The number of hydrogen-bond donors (Lipinski definition) is 1. The van der Waals surface area contributed by atoms with E-state index in [1.807, 2.05) is 55.5 Å². The molecule has 0 radical (unpaired) electrons. The SMILES string of the molecule is CC(Sc1ccc(Cl)cc1)C(=O)Nc1cccc(CS(=O)C2CCOCC2)c1. The van der Waals surface area contributed by atoms with Crippen molar-refractivity contribution < 1.29 is 13.7 Å². The molecule has 150 valence electrons. The number of thioether (sulfide) groups is 1. The van der Waals surface area contributed by atoms with Crippen LogP contribution >= 0.6 is 23.4 Å². The van der Waals surface area contributed by atoms with Crippen molar-refractivity contribution in [1.29, 1.82) is 0 Å². The second kappa shape index (κ2) is 10.4. The average molecular weight is 438 g/mol. The Kier molecular flexibility index (Phi) is 7.97. The highest BCUT2D eigenvalue weighted by atomic mass is 35.5. The summed E-state index contributed by atoms with van der Waals surface area (Å²) < 4.78 is 17.9. The molecule has 1 N–H and O–H groups in total. The first kappa shape index (κ1) is 21.4. The molecule has 2 aromatic carbocycles. The van der Waals surface area contributed by atoms with Gasteiger partial charge >= 0.3 is 0 Å². The summed E-state index contributed by atoms with van der Waals surface area (Å²) in [5, 5.41) is 3.59. The van der Waals surface area contributed by atoms with Gasteiger partial charge in [0.05, 0.1) is 5.25 Å². The predicted octanol–water partition coefficient (Wildman–Crippen LogP) is 4.89. The monoisotopic (exact) mass is 437 g/mol. The van der Waals surface area contributed by atoms with Gasteiger partial charge in [0.1, 0.15) is 0 Å². The highest BCUT2D eigenvalue weighted by molar-refractivity contribution is 8.00. The van der Waals surface area contributed by atoms with Gasteiger partial charge in [-0.05, 0) is 61.7 Å². The molecule has 1 saturated heterocycles. The smallest absolute Gasteiger partial charge is 0.237 e. The molecule has 1 aliphatic heterocycles. The van der Waals surface area contributed by atoms with Gasteiger partial charge in [0, 0.05) is 50.6 Å². The first-order valence-electron chi connectivity index (χ1n) is 9.28. The summed E-state index contributed by atoms with van der Waals surface area (Å²) in [7, 11) is -0.923. The van der Waals surface area contributed by atoms with E-state index < -0.39 is 10.8 Å². The van der Waals surface area contributed by atoms with Crippen LogP contribution in [0, 0.1) is 0 Å². The van der Waals surface area contributed by atoms with Crippen molar-refractivity contribution in [3.8, 4) is 0 Å². The minimum atomic E-state index is -0.923. The van der Waals surface area contributed by atoms with E-state index in [2.05, 4.69) is 5.32 Å². The Balaban J connectivity index is 1.56. The van der Waals surface area contributed by atoms with Crippen molar-refractivity contribution in [3.63, 3.8) is 0 Å². The van der Waals surface area contributed by atoms with Gasteiger partial charge in [0.2, 0.25) is 5.91 Å². The predicted molar refractivity (Wildman–Crippen MR) is 118 cm³/mol. The molecule has 28 heavy (non-hydrogen) atoms. The molecule has 3 rings (SSSR count). The number of amides is 1. The van der Waals surface area contributed by atoms with Crippen LogP contribution in [0.15, 0.2) is 53.4 Å². The number of halogens is 1. The molecule has 1 aliphatic rings. The fraction of sp³-hybridized carbons (Fsp3) is 0.381. The maximum atomic E-state index is 12.6. The average Bonchev–Trinajstić information content (AvgIpc) is 2.70. The van der Waals surface area contributed by atoms with Gasteiger partial charge in [0.25, 0.3) is 0 Å². The Bertz CT molecular complexity index is 823. The fourth-order valence-corrected chi connectivity index (χ4v) is 5.43. The molecule has 4 nitrogen and oxygen atoms in total. The minimum absolute atomic E-state index is 0.0670. The maximum Gasteiger partial charge on any atom is 0.237 e. The summed E-state index contributed by atoms with van der Waals surface area (Å²) in [6.07, 6.45) is 1.70. The van der Waals surface area contributed by atoms with Crippen LogP contribution in [0.25, 0.3) is 0 Å². The van der Waals surface area contributed by atoms with Crippen LogP contribution < -0.4 is 5.32 Å². The van der Waals surface area contributed by atoms with E-state index in [1.165, 1.54) is 11.8 Å². The fourth-order valence-electron chi connectivity index (χ4n) is 2.97. The Morgan fingerprint density at radius 3 is 2.68 bits per heavy atom. The molecule has 1 heterocycles. The van der Waals surface area contributed by atoms with Gasteiger partial charge < -0.3 is 10.1 Å². The molecule has 0 bridgehead atoms. The quantitative estimate of drug-likeness (QED) is 0.626. The van der Waals surface area contributed by atoms with Crippen LogP contribution in [0.2, 0.25) is 5.02 Å². The van der Waals surface area contributed by atoms with Crippen molar-refractivity contribution in [3.05, 3.63) is 59.1 Å². The lowest BCUT2D eigenvalue weighted by atomic mass is 10.2. The number of carbonyl (C=O) groups excluding carboxylic acids is 1. The number of hydrogen-bond acceptors (Lipinski definition) is 4. The van der Waals surface area contributed by atoms with Crippen LogP contribution in [0.4, 0.5) is 5.69 Å². The molecular weight excluding hydrogens is 414 g/mol. The molecular formula is C21H24ClNO3S2. The number of carbonyl (C=O) groups is 1. The van der Waals surface area contributed by atoms with Crippen molar-refractivity contribution in [2.45, 2.75) is 40.9 Å². The van der Waals surface area contributed by atoms with Gasteiger partial charge in [-0.1, -0.05) is 23.7 Å². The van der Waals surface area contributed by atoms with E-state index in [9.17, 15) is 9.00 Å². The van der Waals surface area contributed by atoms with Gasteiger partial charge in [-0.15, -0.1) is 11.8 Å². The maximum absolute atomic E-state index is 12.6. The lowest BCUT2D eigenvalue weighted by molar-refractivity contribution is -0.115. The standard InChI is InChI=1S/C21H24ClNO3S2/c1-15(27-19-7-5-17(22)6-8-19)21(24)23-18-4-2-3-16(13-18)14-28(25)20-9-11-26-12-10-20/h2-8,13,15,20H,9-12,14H2,1H3,(H,23,24). The summed E-state index contributed by atoms with van der Waals surface area (Å²) in [5.74, 6) is 0.436. The third-order valence-corrected chi connectivity index (χ3v) is 7.74. The third-order valence-electron chi connectivity index (χ3n) is 4.54. The third kappa shape index (κ3) is 6.34. The van der Waals surface area contributed by atoms with E-state index in [1.54, 1.807) is 0 Å². The van der Waals surface area contributed by atoms with E-state index >= 15 is 0 Å². The Morgan fingerprint density at radius 2 is 1.96 bits per heavy atom. The lowest BCUT2D eigenvalue weighted by Gasteiger charge is -2.21. The molecule has 0 aliphatic carbocycles. The van der Waals surface area contributed by atoms with Crippen LogP contribution in [0.5, 0.6) is 0 Å². The van der Waals surface area contributed by atoms with Crippen molar-refractivity contribution in [2.75, 3.05) is 18.5 Å². The summed E-state index contributed by atoms with van der Waals surface area (Å²) in [4.78, 5) is 13.5. The van der Waals surface area contributed by atoms with Gasteiger partial charge in [0.15, 0.2) is 0 Å². The Hall–Kier alpha value is -1.34. The topological polar surface area (TPSA) is 55.4 Å². The number of rotatable bonds is 7. The molecule has 2 atom stereocenters. The van der Waals surface area contributed by atoms with Crippen molar-refractivity contribution >= 4 is 45.8 Å². The first-order chi connectivity index (χ1) is 13.5. The number of anilines is 1.